The van der Waals surface area contributed by atoms with Crippen molar-refractivity contribution in [2.75, 3.05) is 7.11 Å². The van der Waals surface area contributed by atoms with Crippen LogP contribution in [0.2, 0.25) is 18.1 Å². The molecule has 0 heterocycles. The first-order valence-electron chi connectivity index (χ1n) is 7.74. The van der Waals surface area contributed by atoms with E-state index >= 15 is 0 Å². The molecular formula is C17H30O2Si. The normalized spacial score (nSPS) is 12.5. The molecule has 1 N–H and O–H groups in total. The number of aryl methyl sites for hydroxylation is 1. The Morgan fingerprint density at radius 3 is 2.25 bits per heavy atom. The van der Waals surface area contributed by atoms with Gasteiger partial charge in [-0.05, 0) is 49.0 Å². The van der Waals surface area contributed by atoms with Crippen LogP contribution in [0.15, 0.2) is 24.3 Å². The molecule has 1 aromatic carbocycles. The fourth-order valence-electron chi connectivity index (χ4n) is 3.30. The number of ether oxygens (including phenoxy) is 1. The van der Waals surface area contributed by atoms with Crippen molar-refractivity contribution in [1.82, 2.24) is 0 Å². The molecule has 2 nitrogen and oxygen atoms in total. The third-order valence-corrected chi connectivity index (χ3v) is 8.50. The van der Waals surface area contributed by atoms with Crippen molar-refractivity contribution in [2.24, 2.45) is 0 Å². The van der Waals surface area contributed by atoms with Crippen LogP contribution < -0.4 is 4.74 Å². The first-order valence-corrected chi connectivity index (χ1v) is 10.7. The smallest absolute Gasteiger partial charge is 0.188 e. The van der Waals surface area contributed by atoms with Gasteiger partial charge in [0.15, 0.2) is 8.32 Å². The fourth-order valence-corrected chi connectivity index (χ4v) is 5.82. The molecular weight excluding hydrogens is 264 g/mol. The second-order valence-electron chi connectivity index (χ2n) is 6.21. The summed E-state index contributed by atoms with van der Waals surface area (Å²) in [6.07, 6.45) is 5.39. The molecule has 1 aromatic rings. The van der Waals surface area contributed by atoms with E-state index in [9.17, 15) is 4.80 Å². The van der Waals surface area contributed by atoms with Gasteiger partial charge in [0.25, 0.3) is 0 Å². The summed E-state index contributed by atoms with van der Waals surface area (Å²) in [6.45, 7) is 8.61. The quantitative estimate of drug-likeness (QED) is 0.699. The van der Waals surface area contributed by atoms with Gasteiger partial charge in [0.05, 0.1) is 7.11 Å². The number of hydrogen-bond donors (Lipinski definition) is 1. The van der Waals surface area contributed by atoms with Crippen LogP contribution in [0.3, 0.4) is 0 Å². The standard InChI is InChI=1S/C17H30O2Si/c1-6-17(7-2,20(4,5)18)14-10-12-15-11-8-9-13-16(15)19-3/h8-9,11,13,18H,6-7,10,12,14H2,1-5H3. The highest BCUT2D eigenvalue weighted by Gasteiger charge is 2.42. The highest BCUT2D eigenvalue weighted by atomic mass is 28.4. The van der Waals surface area contributed by atoms with Crippen molar-refractivity contribution in [3.8, 4) is 5.75 Å². The Morgan fingerprint density at radius 1 is 1.15 bits per heavy atom. The molecule has 0 amide bonds. The number of rotatable bonds is 8. The predicted octanol–water partition coefficient (Wildman–Crippen LogP) is 4.78. The molecule has 0 aliphatic heterocycles. The van der Waals surface area contributed by atoms with E-state index in [0.29, 0.717) is 0 Å². The second kappa shape index (κ2) is 7.28. The summed E-state index contributed by atoms with van der Waals surface area (Å²) < 4.78 is 5.41. The number of methoxy groups -OCH3 is 1. The summed E-state index contributed by atoms with van der Waals surface area (Å²) in [5.41, 5.74) is 1.27. The molecule has 0 saturated carbocycles. The minimum atomic E-state index is -2.13. The zero-order valence-electron chi connectivity index (χ0n) is 13.7. The molecule has 0 saturated heterocycles. The average Bonchev–Trinajstić information content (AvgIpc) is 2.43. The minimum absolute atomic E-state index is 0.148. The molecule has 0 aliphatic carbocycles. The van der Waals surface area contributed by atoms with E-state index in [-0.39, 0.29) is 5.04 Å². The van der Waals surface area contributed by atoms with Crippen LogP contribution in [-0.2, 0) is 6.42 Å². The lowest BCUT2D eigenvalue weighted by molar-refractivity contribution is 0.373. The third-order valence-electron chi connectivity index (χ3n) is 4.95. The molecule has 0 bridgehead atoms. The van der Waals surface area contributed by atoms with Crippen molar-refractivity contribution in [3.63, 3.8) is 0 Å². The molecule has 0 atom stereocenters. The van der Waals surface area contributed by atoms with E-state index in [0.717, 1.165) is 37.9 Å². The van der Waals surface area contributed by atoms with Gasteiger partial charge < -0.3 is 9.53 Å². The highest BCUT2D eigenvalue weighted by molar-refractivity contribution is 6.73. The van der Waals surface area contributed by atoms with E-state index < -0.39 is 8.32 Å². The van der Waals surface area contributed by atoms with Crippen LogP contribution in [0, 0.1) is 0 Å². The molecule has 0 spiro atoms. The van der Waals surface area contributed by atoms with E-state index in [4.69, 9.17) is 4.74 Å². The first kappa shape index (κ1) is 17.2. The molecule has 20 heavy (non-hydrogen) atoms. The number of hydrogen-bond acceptors (Lipinski definition) is 2. The Bertz CT molecular complexity index is 406. The van der Waals surface area contributed by atoms with E-state index in [2.05, 4.69) is 39.1 Å². The second-order valence-corrected chi connectivity index (χ2v) is 10.4. The number of para-hydroxylation sites is 1. The summed E-state index contributed by atoms with van der Waals surface area (Å²) in [4.78, 5) is 10.6. The first-order chi connectivity index (χ1) is 9.40. The van der Waals surface area contributed by atoms with Crippen molar-refractivity contribution < 1.29 is 9.53 Å². The summed E-state index contributed by atoms with van der Waals surface area (Å²) >= 11 is 0. The third kappa shape index (κ3) is 3.86. The van der Waals surface area contributed by atoms with Gasteiger partial charge in [-0.3, -0.25) is 0 Å². The van der Waals surface area contributed by atoms with Gasteiger partial charge in [-0.25, -0.2) is 0 Å². The molecule has 0 radical (unpaired) electrons. The van der Waals surface area contributed by atoms with Gasteiger partial charge in [-0.1, -0.05) is 44.9 Å². The van der Waals surface area contributed by atoms with E-state index in [1.807, 2.05) is 12.1 Å². The summed E-state index contributed by atoms with van der Waals surface area (Å²) in [5.74, 6) is 0.978. The van der Waals surface area contributed by atoms with Gasteiger partial charge in [-0.2, -0.15) is 0 Å². The van der Waals surface area contributed by atoms with Crippen LogP contribution in [0.5, 0.6) is 5.75 Å². The average molecular weight is 295 g/mol. The Labute approximate surface area is 125 Å². The summed E-state index contributed by atoms with van der Waals surface area (Å²) in [5, 5.41) is 0.148. The van der Waals surface area contributed by atoms with Crippen molar-refractivity contribution in [2.45, 2.75) is 64.1 Å². The molecule has 0 aromatic heterocycles. The summed E-state index contributed by atoms with van der Waals surface area (Å²) in [7, 11) is -0.401. The van der Waals surface area contributed by atoms with Crippen LogP contribution in [0.4, 0.5) is 0 Å². The maximum absolute atomic E-state index is 10.6. The van der Waals surface area contributed by atoms with Gasteiger partial charge in [-0.15, -0.1) is 0 Å². The Balaban J connectivity index is 2.70. The van der Waals surface area contributed by atoms with Crippen LogP contribution in [-0.4, -0.2) is 20.2 Å². The Hall–Kier alpha value is -0.803. The van der Waals surface area contributed by atoms with Crippen molar-refractivity contribution >= 4 is 8.32 Å². The van der Waals surface area contributed by atoms with Crippen molar-refractivity contribution in [3.05, 3.63) is 29.8 Å². The van der Waals surface area contributed by atoms with Gasteiger partial charge >= 0.3 is 0 Å². The lowest BCUT2D eigenvalue weighted by Crippen LogP contribution is -2.42. The van der Waals surface area contributed by atoms with E-state index in [1.165, 1.54) is 5.56 Å². The Morgan fingerprint density at radius 2 is 1.75 bits per heavy atom. The molecule has 1 rings (SSSR count). The zero-order chi connectivity index (χ0) is 15.2. The van der Waals surface area contributed by atoms with Gasteiger partial charge in [0.2, 0.25) is 0 Å². The lowest BCUT2D eigenvalue weighted by Gasteiger charge is -2.41. The van der Waals surface area contributed by atoms with Gasteiger partial charge in [0.1, 0.15) is 5.75 Å². The van der Waals surface area contributed by atoms with Crippen LogP contribution >= 0.6 is 0 Å². The Kier molecular flexibility index (Phi) is 6.27. The van der Waals surface area contributed by atoms with Crippen LogP contribution in [0.1, 0.15) is 45.1 Å². The fraction of sp³-hybridized carbons (Fsp3) is 0.647. The van der Waals surface area contributed by atoms with E-state index in [1.54, 1.807) is 7.11 Å². The molecule has 3 heteroatoms. The predicted molar refractivity (Wildman–Crippen MR) is 88.9 cm³/mol. The minimum Gasteiger partial charge on any atom is -0.496 e. The molecule has 114 valence electrons. The summed E-state index contributed by atoms with van der Waals surface area (Å²) in [6, 6.07) is 8.23. The maximum atomic E-state index is 10.6. The monoisotopic (exact) mass is 294 g/mol. The SMILES string of the molecule is CCC(CC)(CCCc1ccccc1OC)[Si](C)(C)O. The van der Waals surface area contributed by atoms with Crippen LogP contribution in [0.25, 0.3) is 0 Å². The molecule has 0 aliphatic rings. The molecule has 0 unspecified atom stereocenters. The largest absolute Gasteiger partial charge is 0.496 e. The zero-order valence-corrected chi connectivity index (χ0v) is 14.7. The number of benzene rings is 1. The van der Waals surface area contributed by atoms with Crippen molar-refractivity contribution in [1.29, 1.82) is 0 Å². The highest BCUT2D eigenvalue weighted by Crippen LogP contribution is 2.47. The topological polar surface area (TPSA) is 29.5 Å². The van der Waals surface area contributed by atoms with Gasteiger partial charge in [0, 0.05) is 0 Å². The lowest BCUT2D eigenvalue weighted by atomic mass is 9.93. The molecule has 0 fully saturated rings. The maximum Gasteiger partial charge on any atom is 0.188 e.